The van der Waals surface area contributed by atoms with Crippen molar-refractivity contribution >= 4 is 17.8 Å². The van der Waals surface area contributed by atoms with Gasteiger partial charge in [-0.1, -0.05) is 0 Å². The zero-order valence-corrected chi connectivity index (χ0v) is 7.56. The predicted molar refractivity (Wildman–Crippen MR) is 51.5 cm³/mol. The van der Waals surface area contributed by atoms with E-state index < -0.39 is 0 Å². The number of hydrogen-bond donors (Lipinski definition) is 0. The molecule has 0 bridgehead atoms. The summed E-state index contributed by atoms with van der Waals surface area (Å²) in [6.07, 6.45) is 7.82. The second-order valence-corrected chi connectivity index (χ2v) is 3.08. The molecule has 0 saturated carbocycles. The highest BCUT2D eigenvalue weighted by atomic mass is 32.2. The highest BCUT2D eigenvalue weighted by Crippen LogP contribution is 2.05. The number of thioether (sulfide) groups is 1. The molecule has 0 radical (unpaired) electrons. The first-order valence-electron chi connectivity index (χ1n) is 3.44. The fourth-order valence-corrected chi connectivity index (χ4v) is 1.11. The van der Waals surface area contributed by atoms with Gasteiger partial charge in [-0.15, -0.1) is 11.8 Å². The van der Waals surface area contributed by atoms with Gasteiger partial charge in [0.05, 0.1) is 0 Å². The van der Waals surface area contributed by atoms with Gasteiger partial charge in [-0.3, -0.25) is 4.98 Å². The summed E-state index contributed by atoms with van der Waals surface area (Å²) >= 11 is 1.69. The van der Waals surface area contributed by atoms with E-state index in [0.717, 1.165) is 0 Å². The fraction of sp³-hybridized carbons (Fsp3) is 0.222. The van der Waals surface area contributed by atoms with Crippen molar-refractivity contribution in [1.29, 1.82) is 0 Å². The Balaban J connectivity index is 2.79. The molecule has 0 aliphatic heterocycles. The van der Waals surface area contributed by atoms with Crippen molar-refractivity contribution in [3.05, 3.63) is 35.0 Å². The van der Waals surface area contributed by atoms with E-state index in [1.54, 1.807) is 11.8 Å². The van der Waals surface area contributed by atoms with Crippen molar-refractivity contribution in [2.45, 2.75) is 6.92 Å². The molecule has 0 saturated heterocycles. The van der Waals surface area contributed by atoms with Crippen LogP contribution in [-0.2, 0) is 0 Å². The largest absolute Gasteiger partial charge is 0.264 e. The van der Waals surface area contributed by atoms with E-state index in [4.69, 9.17) is 0 Å². The maximum absolute atomic E-state index is 4.08. The van der Waals surface area contributed by atoms with Gasteiger partial charge in [0.15, 0.2) is 0 Å². The summed E-state index contributed by atoms with van der Waals surface area (Å²) in [4.78, 5) is 4.08. The summed E-state index contributed by atoms with van der Waals surface area (Å²) in [5.41, 5.74) is 2.37. The average Bonchev–Trinajstić information content (AvgIpc) is 2.01. The van der Waals surface area contributed by atoms with Gasteiger partial charge >= 0.3 is 0 Å². The molecule has 0 spiro atoms. The Morgan fingerprint density at radius 3 is 2.91 bits per heavy atom. The molecule has 0 fully saturated rings. The molecule has 1 aromatic rings. The Labute approximate surface area is 71.5 Å². The molecular formula is C9H11NS. The number of nitrogens with zero attached hydrogens (tertiary/aromatic N) is 1. The normalized spacial score (nSPS) is 10.7. The quantitative estimate of drug-likeness (QED) is 0.668. The maximum Gasteiger partial charge on any atom is 0.0340 e. The van der Waals surface area contributed by atoms with Crippen molar-refractivity contribution in [1.82, 2.24) is 4.98 Å². The monoisotopic (exact) mass is 165 g/mol. The van der Waals surface area contributed by atoms with Gasteiger partial charge in [-0.2, -0.15) is 0 Å². The molecule has 0 atom stereocenters. The van der Waals surface area contributed by atoms with Crippen LogP contribution in [0.15, 0.2) is 23.9 Å². The predicted octanol–water partition coefficient (Wildman–Crippen LogP) is 2.72. The highest BCUT2D eigenvalue weighted by Gasteiger charge is 1.86. The first kappa shape index (κ1) is 8.34. The third kappa shape index (κ3) is 2.76. The lowest BCUT2D eigenvalue weighted by atomic mass is 10.2. The lowest BCUT2D eigenvalue weighted by molar-refractivity contribution is 1.26. The molecule has 1 nitrogen and oxygen atoms in total. The molecule has 0 unspecified atom stereocenters. The van der Waals surface area contributed by atoms with Crippen LogP contribution in [0.4, 0.5) is 0 Å². The second kappa shape index (κ2) is 4.19. The molecule has 0 aliphatic carbocycles. The Bertz CT molecular complexity index is 255. The number of rotatable bonds is 2. The van der Waals surface area contributed by atoms with Crippen LogP contribution < -0.4 is 0 Å². The zero-order valence-electron chi connectivity index (χ0n) is 6.74. The fourth-order valence-electron chi connectivity index (χ4n) is 0.816. The van der Waals surface area contributed by atoms with Gasteiger partial charge in [0.2, 0.25) is 0 Å². The van der Waals surface area contributed by atoms with Crippen LogP contribution in [0.1, 0.15) is 11.1 Å². The molecule has 0 aromatic carbocycles. The van der Waals surface area contributed by atoms with Gasteiger partial charge in [0.1, 0.15) is 0 Å². The van der Waals surface area contributed by atoms with Crippen LogP contribution in [0.25, 0.3) is 6.08 Å². The standard InChI is InChI=1S/C9H11NS/c1-8-5-9(3-4-11-2)7-10-6-8/h3-7H,1-2H3/b4-3-. The topological polar surface area (TPSA) is 12.9 Å². The molecule has 1 aromatic heterocycles. The van der Waals surface area contributed by atoms with E-state index in [1.165, 1.54) is 11.1 Å². The Morgan fingerprint density at radius 1 is 1.45 bits per heavy atom. The van der Waals surface area contributed by atoms with Gasteiger partial charge in [-0.05, 0) is 41.9 Å². The van der Waals surface area contributed by atoms with Gasteiger partial charge in [0.25, 0.3) is 0 Å². The number of pyridine rings is 1. The summed E-state index contributed by atoms with van der Waals surface area (Å²) in [6, 6.07) is 2.11. The van der Waals surface area contributed by atoms with E-state index in [2.05, 4.69) is 22.5 Å². The average molecular weight is 165 g/mol. The SMILES string of the molecule is CS/C=C\c1cncc(C)c1. The summed E-state index contributed by atoms with van der Waals surface area (Å²) in [6.45, 7) is 2.05. The van der Waals surface area contributed by atoms with Crippen LogP contribution in [0, 0.1) is 6.92 Å². The first-order chi connectivity index (χ1) is 5.33. The van der Waals surface area contributed by atoms with Crippen LogP contribution in [0.2, 0.25) is 0 Å². The third-order valence-electron chi connectivity index (χ3n) is 1.29. The molecule has 58 valence electrons. The van der Waals surface area contributed by atoms with Crippen LogP contribution in [0.5, 0.6) is 0 Å². The molecule has 1 heterocycles. The minimum Gasteiger partial charge on any atom is -0.264 e. The summed E-state index contributed by atoms with van der Waals surface area (Å²) in [5.74, 6) is 0. The Kier molecular flexibility index (Phi) is 3.17. The van der Waals surface area contributed by atoms with Gasteiger partial charge < -0.3 is 0 Å². The van der Waals surface area contributed by atoms with E-state index in [1.807, 2.05) is 25.6 Å². The molecule has 0 N–H and O–H groups in total. The van der Waals surface area contributed by atoms with E-state index in [0.29, 0.717) is 0 Å². The molecule has 0 aliphatic rings. The number of aryl methyl sites for hydroxylation is 1. The van der Waals surface area contributed by atoms with Crippen molar-refractivity contribution in [2.75, 3.05) is 6.26 Å². The van der Waals surface area contributed by atoms with Crippen molar-refractivity contribution in [2.24, 2.45) is 0 Å². The third-order valence-corrected chi connectivity index (χ3v) is 1.70. The number of hydrogen-bond acceptors (Lipinski definition) is 2. The van der Waals surface area contributed by atoms with E-state index in [-0.39, 0.29) is 0 Å². The van der Waals surface area contributed by atoms with Crippen LogP contribution >= 0.6 is 11.8 Å². The minimum absolute atomic E-state index is 1.17. The van der Waals surface area contributed by atoms with Crippen LogP contribution in [0.3, 0.4) is 0 Å². The van der Waals surface area contributed by atoms with Crippen molar-refractivity contribution in [3.8, 4) is 0 Å². The number of aromatic nitrogens is 1. The summed E-state index contributed by atoms with van der Waals surface area (Å²) in [5, 5.41) is 2.05. The first-order valence-corrected chi connectivity index (χ1v) is 4.72. The zero-order chi connectivity index (χ0) is 8.10. The molecule has 2 heteroatoms. The Hall–Kier alpha value is -0.760. The van der Waals surface area contributed by atoms with Crippen molar-refractivity contribution in [3.63, 3.8) is 0 Å². The minimum atomic E-state index is 1.17. The van der Waals surface area contributed by atoms with Crippen molar-refractivity contribution < 1.29 is 0 Å². The Morgan fingerprint density at radius 2 is 2.27 bits per heavy atom. The summed E-state index contributed by atoms with van der Waals surface area (Å²) in [7, 11) is 0. The molecular weight excluding hydrogens is 154 g/mol. The van der Waals surface area contributed by atoms with E-state index >= 15 is 0 Å². The van der Waals surface area contributed by atoms with Gasteiger partial charge in [0, 0.05) is 12.4 Å². The highest BCUT2D eigenvalue weighted by molar-refractivity contribution is 8.01. The van der Waals surface area contributed by atoms with E-state index in [9.17, 15) is 0 Å². The molecule has 1 rings (SSSR count). The summed E-state index contributed by atoms with van der Waals surface area (Å²) < 4.78 is 0. The maximum atomic E-state index is 4.08. The molecule has 11 heavy (non-hydrogen) atoms. The lowest BCUT2D eigenvalue weighted by Gasteiger charge is -1.93. The van der Waals surface area contributed by atoms with Crippen LogP contribution in [-0.4, -0.2) is 11.2 Å². The smallest absolute Gasteiger partial charge is 0.0340 e. The lowest BCUT2D eigenvalue weighted by Crippen LogP contribution is -1.78. The molecule has 0 amide bonds. The van der Waals surface area contributed by atoms with Gasteiger partial charge in [-0.25, -0.2) is 0 Å². The second-order valence-electron chi connectivity index (χ2n) is 2.33.